The van der Waals surface area contributed by atoms with Gasteiger partial charge < -0.3 is 9.84 Å². The quantitative estimate of drug-likeness (QED) is 0.724. The van der Waals surface area contributed by atoms with E-state index in [-0.39, 0.29) is 16.7 Å². The molecule has 0 bridgehead atoms. The Bertz CT molecular complexity index is 738. The van der Waals surface area contributed by atoms with Crippen molar-refractivity contribution < 1.29 is 17.7 Å². The third kappa shape index (κ3) is 5.12. The minimum atomic E-state index is -3.63. The molecule has 0 aliphatic carbocycles. The van der Waals surface area contributed by atoms with Crippen molar-refractivity contribution >= 4 is 27.3 Å². The van der Waals surface area contributed by atoms with Gasteiger partial charge in [-0.2, -0.15) is 4.98 Å². The molecule has 0 atom stereocenters. The maximum atomic E-state index is 11.8. The van der Waals surface area contributed by atoms with Crippen LogP contribution in [0.15, 0.2) is 26.2 Å². The Morgan fingerprint density at radius 1 is 1.43 bits per heavy atom. The second-order valence-electron chi connectivity index (χ2n) is 5.06. The zero-order valence-electron chi connectivity index (χ0n) is 12.8. The molecular formula is C13H18N4O4S2. The number of hydrogen-bond donors (Lipinski definition) is 2. The number of rotatable bonds is 8. The highest BCUT2D eigenvalue weighted by atomic mass is 32.2. The van der Waals surface area contributed by atoms with Gasteiger partial charge in [-0.3, -0.25) is 4.79 Å². The summed E-state index contributed by atoms with van der Waals surface area (Å²) in [5, 5.41) is 8.08. The maximum Gasteiger partial charge on any atom is 0.250 e. The Morgan fingerprint density at radius 3 is 2.83 bits per heavy atom. The van der Waals surface area contributed by atoms with Gasteiger partial charge in [0.15, 0.2) is 5.82 Å². The molecule has 0 unspecified atom stereocenters. The molecule has 1 amide bonds. The standard InChI is InChI=1S/C13H18N4O4S2/c1-9(2)13-16-11(21-17-13)5-6-14-10(18)8-15-23(19,20)12-4-3-7-22-12/h3-4,7,9,15H,5-6,8H2,1-2H3,(H,14,18). The van der Waals surface area contributed by atoms with Crippen molar-refractivity contribution in [1.29, 1.82) is 0 Å². The second-order valence-corrected chi connectivity index (χ2v) is 8.00. The summed E-state index contributed by atoms with van der Waals surface area (Å²) < 4.78 is 31.2. The van der Waals surface area contributed by atoms with Crippen LogP contribution in [0.3, 0.4) is 0 Å². The predicted molar refractivity (Wildman–Crippen MR) is 84.6 cm³/mol. The summed E-state index contributed by atoms with van der Waals surface area (Å²) >= 11 is 1.09. The molecule has 2 N–H and O–H groups in total. The molecule has 10 heteroatoms. The van der Waals surface area contributed by atoms with E-state index in [2.05, 4.69) is 20.2 Å². The van der Waals surface area contributed by atoms with Crippen molar-refractivity contribution in [2.45, 2.75) is 30.4 Å². The number of aromatic nitrogens is 2. The summed E-state index contributed by atoms with van der Waals surface area (Å²) in [4.78, 5) is 15.8. The maximum absolute atomic E-state index is 11.8. The van der Waals surface area contributed by atoms with E-state index < -0.39 is 15.9 Å². The lowest BCUT2D eigenvalue weighted by molar-refractivity contribution is -0.119. The minimum absolute atomic E-state index is 0.175. The van der Waals surface area contributed by atoms with Crippen LogP contribution in [0.25, 0.3) is 0 Å². The number of amides is 1. The molecule has 0 aliphatic heterocycles. The van der Waals surface area contributed by atoms with Gasteiger partial charge in [-0.1, -0.05) is 25.1 Å². The van der Waals surface area contributed by atoms with Gasteiger partial charge in [0.05, 0.1) is 6.54 Å². The van der Waals surface area contributed by atoms with E-state index in [0.29, 0.717) is 24.7 Å². The number of nitrogens with one attached hydrogen (secondary N) is 2. The molecule has 2 aromatic rings. The summed E-state index contributed by atoms with van der Waals surface area (Å²) in [6.45, 7) is 3.88. The highest BCUT2D eigenvalue weighted by Gasteiger charge is 2.16. The van der Waals surface area contributed by atoms with Gasteiger partial charge in [0, 0.05) is 18.9 Å². The van der Waals surface area contributed by atoms with E-state index in [1.54, 1.807) is 11.4 Å². The highest BCUT2D eigenvalue weighted by Crippen LogP contribution is 2.14. The van der Waals surface area contributed by atoms with Gasteiger partial charge in [0.2, 0.25) is 11.8 Å². The van der Waals surface area contributed by atoms with E-state index >= 15 is 0 Å². The molecule has 23 heavy (non-hydrogen) atoms. The average molecular weight is 358 g/mol. The van der Waals surface area contributed by atoms with Gasteiger partial charge in [-0.25, -0.2) is 13.1 Å². The SMILES string of the molecule is CC(C)c1noc(CCNC(=O)CNS(=O)(=O)c2cccs2)n1. The van der Waals surface area contributed by atoms with Crippen molar-refractivity contribution in [2.75, 3.05) is 13.1 Å². The van der Waals surface area contributed by atoms with Gasteiger partial charge in [-0.15, -0.1) is 11.3 Å². The Morgan fingerprint density at radius 2 is 2.22 bits per heavy atom. The summed E-state index contributed by atoms with van der Waals surface area (Å²) in [5.74, 6) is 0.811. The molecule has 8 nitrogen and oxygen atoms in total. The number of hydrogen-bond acceptors (Lipinski definition) is 7. The lowest BCUT2D eigenvalue weighted by Gasteiger charge is -2.05. The smallest absolute Gasteiger partial charge is 0.250 e. The van der Waals surface area contributed by atoms with Crippen LogP contribution < -0.4 is 10.0 Å². The van der Waals surface area contributed by atoms with Crippen LogP contribution in [0, 0.1) is 0 Å². The summed E-state index contributed by atoms with van der Waals surface area (Å²) in [6, 6.07) is 3.11. The van der Waals surface area contributed by atoms with Crippen LogP contribution in [0.1, 0.15) is 31.5 Å². The van der Waals surface area contributed by atoms with Crippen molar-refractivity contribution in [3.8, 4) is 0 Å². The van der Waals surface area contributed by atoms with E-state index in [9.17, 15) is 13.2 Å². The van der Waals surface area contributed by atoms with Gasteiger partial charge in [0.25, 0.3) is 10.0 Å². The van der Waals surface area contributed by atoms with E-state index in [4.69, 9.17) is 4.52 Å². The number of sulfonamides is 1. The van der Waals surface area contributed by atoms with Gasteiger partial charge in [-0.05, 0) is 11.4 Å². The topological polar surface area (TPSA) is 114 Å². The van der Waals surface area contributed by atoms with Crippen molar-refractivity contribution in [3.05, 3.63) is 29.2 Å². The van der Waals surface area contributed by atoms with Gasteiger partial charge >= 0.3 is 0 Å². The molecule has 126 valence electrons. The number of carbonyl (C=O) groups is 1. The Labute approximate surface area is 138 Å². The Hall–Kier alpha value is -1.78. The van der Waals surface area contributed by atoms with Crippen LogP contribution in [0.2, 0.25) is 0 Å². The first-order valence-electron chi connectivity index (χ1n) is 7.01. The Kier molecular flexibility index (Phi) is 5.85. The monoisotopic (exact) mass is 358 g/mol. The molecule has 0 saturated carbocycles. The first kappa shape index (κ1) is 17.6. The molecule has 0 saturated heterocycles. The average Bonchev–Trinajstić information content (AvgIpc) is 3.17. The molecule has 0 spiro atoms. The predicted octanol–water partition coefficient (Wildman–Crippen LogP) is 0.892. The third-order valence-electron chi connectivity index (χ3n) is 2.84. The number of thiophene rings is 1. The fourth-order valence-electron chi connectivity index (χ4n) is 1.62. The summed E-state index contributed by atoms with van der Waals surface area (Å²) in [6.07, 6.45) is 0.392. The van der Waals surface area contributed by atoms with Gasteiger partial charge in [0.1, 0.15) is 4.21 Å². The molecule has 0 aliphatic rings. The van der Waals surface area contributed by atoms with Crippen molar-refractivity contribution in [3.63, 3.8) is 0 Å². The molecule has 0 fully saturated rings. The summed E-state index contributed by atoms with van der Waals surface area (Å²) in [5.41, 5.74) is 0. The lowest BCUT2D eigenvalue weighted by atomic mass is 10.2. The van der Waals surface area contributed by atoms with Crippen LogP contribution in [-0.4, -0.2) is 37.6 Å². The molecule has 2 aromatic heterocycles. The third-order valence-corrected chi connectivity index (χ3v) is 5.64. The van der Waals surface area contributed by atoms with Crippen LogP contribution in [-0.2, 0) is 21.2 Å². The van der Waals surface area contributed by atoms with Crippen molar-refractivity contribution in [2.24, 2.45) is 0 Å². The molecular weight excluding hydrogens is 340 g/mol. The van der Waals surface area contributed by atoms with Crippen LogP contribution in [0.4, 0.5) is 0 Å². The highest BCUT2D eigenvalue weighted by molar-refractivity contribution is 7.91. The van der Waals surface area contributed by atoms with Crippen LogP contribution in [0.5, 0.6) is 0 Å². The minimum Gasteiger partial charge on any atom is -0.354 e. The lowest BCUT2D eigenvalue weighted by Crippen LogP contribution is -2.37. The largest absolute Gasteiger partial charge is 0.354 e. The summed E-state index contributed by atoms with van der Waals surface area (Å²) in [7, 11) is -3.63. The molecule has 0 radical (unpaired) electrons. The van der Waals surface area contributed by atoms with E-state index in [0.717, 1.165) is 11.3 Å². The van der Waals surface area contributed by atoms with E-state index in [1.165, 1.54) is 6.07 Å². The molecule has 2 heterocycles. The normalized spacial score (nSPS) is 11.8. The molecule has 2 rings (SSSR count). The van der Waals surface area contributed by atoms with E-state index in [1.807, 2.05) is 13.8 Å². The number of carbonyl (C=O) groups excluding carboxylic acids is 1. The first-order valence-corrected chi connectivity index (χ1v) is 9.37. The van der Waals surface area contributed by atoms with Crippen molar-refractivity contribution in [1.82, 2.24) is 20.2 Å². The van der Waals surface area contributed by atoms with Crippen LogP contribution >= 0.6 is 11.3 Å². The first-order chi connectivity index (χ1) is 10.9. The zero-order valence-corrected chi connectivity index (χ0v) is 14.4. The molecule has 0 aromatic carbocycles. The Balaban J connectivity index is 1.73. The second kappa shape index (κ2) is 7.66. The number of nitrogens with zero attached hydrogens (tertiary/aromatic N) is 2. The zero-order chi connectivity index (χ0) is 16.9. The fourth-order valence-corrected chi connectivity index (χ4v) is 3.64. The fraction of sp³-hybridized carbons (Fsp3) is 0.462.